The number of esters is 1. The molecule has 0 fully saturated rings. The quantitative estimate of drug-likeness (QED) is 0.288. The molecular formula is C10H24O3Si2. The van der Waals surface area contributed by atoms with Crippen LogP contribution >= 0.6 is 0 Å². The van der Waals surface area contributed by atoms with E-state index in [0.717, 1.165) is 16.7 Å². The predicted octanol–water partition coefficient (Wildman–Crippen LogP) is -0.376. The van der Waals surface area contributed by atoms with Crippen molar-refractivity contribution in [3.05, 3.63) is 12.2 Å². The van der Waals surface area contributed by atoms with Crippen molar-refractivity contribution in [1.29, 1.82) is 0 Å². The van der Waals surface area contributed by atoms with Crippen molar-refractivity contribution >= 4 is 26.5 Å². The molecule has 0 bridgehead atoms. The Hall–Kier alpha value is -0.396. The van der Waals surface area contributed by atoms with Gasteiger partial charge >= 0.3 is 5.97 Å². The third kappa shape index (κ3) is 16.3. The van der Waals surface area contributed by atoms with Crippen LogP contribution in [-0.4, -0.2) is 45.9 Å². The molecule has 0 saturated carbocycles. The van der Waals surface area contributed by atoms with E-state index in [0.29, 0.717) is 17.9 Å². The maximum atomic E-state index is 10.7. The van der Waals surface area contributed by atoms with E-state index in [-0.39, 0.29) is 5.97 Å². The Kier molecular flexibility index (Phi) is 13.2. The number of carbonyl (C=O) groups is 1. The van der Waals surface area contributed by atoms with Crippen molar-refractivity contribution in [1.82, 2.24) is 0 Å². The molecule has 0 aliphatic carbocycles. The lowest BCUT2D eigenvalue weighted by molar-refractivity contribution is -0.138. The summed E-state index contributed by atoms with van der Waals surface area (Å²) >= 11 is 0. The van der Waals surface area contributed by atoms with Crippen molar-refractivity contribution in [2.75, 3.05) is 13.7 Å². The lowest BCUT2D eigenvalue weighted by atomic mass is 10.4. The van der Waals surface area contributed by atoms with Crippen LogP contribution in [0, 0.1) is 0 Å². The minimum absolute atomic E-state index is 0.268. The van der Waals surface area contributed by atoms with Gasteiger partial charge in [0.25, 0.3) is 0 Å². The molecule has 0 amide bonds. The Balaban J connectivity index is 0. The maximum Gasteiger partial charge on any atom is 0.333 e. The summed E-state index contributed by atoms with van der Waals surface area (Å²) in [7, 11) is 4.06. The van der Waals surface area contributed by atoms with Gasteiger partial charge in [-0.25, -0.2) is 4.79 Å². The molecule has 0 saturated heterocycles. The molecular weight excluding hydrogens is 224 g/mol. The molecule has 1 unspecified atom stereocenters. The fourth-order valence-corrected chi connectivity index (χ4v) is 0.721. The number of methoxy groups -OCH3 is 1. The monoisotopic (exact) mass is 248 g/mol. The summed E-state index contributed by atoms with van der Waals surface area (Å²) in [6, 6.07) is 1.18. The van der Waals surface area contributed by atoms with Gasteiger partial charge < -0.3 is 9.47 Å². The lowest BCUT2D eigenvalue weighted by Gasteiger charge is -2.01. The van der Waals surface area contributed by atoms with Crippen LogP contribution in [-0.2, 0) is 14.3 Å². The van der Waals surface area contributed by atoms with Crippen LogP contribution in [0.2, 0.25) is 6.04 Å². The number of ether oxygens (including phenoxy) is 2. The Morgan fingerprint density at radius 1 is 1.53 bits per heavy atom. The molecule has 0 radical (unpaired) electrons. The van der Waals surface area contributed by atoms with Crippen molar-refractivity contribution in [2.45, 2.75) is 32.0 Å². The van der Waals surface area contributed by atoms with Gasteiger partial charge in [-0.05, 0) is 20.3 Å². The van der Waals surface area contributed by atoms with E-state index in [2.05, 4.69) is 13.5 Å². The SMILES string of the molecule is C=C(C)C(=O)OCCC[SiH3].COC(C)[SiH3]. The van der Waals surface area contributed by atoms with Crippen LogP contribution in [0.4, 0.5) is 0 Å². The third-order valence-electron chi connectivity index (χ3n) is 1.55. The maximum absolute atomic E-state index is 10.7. The highest BCUT2D eigenvalue weighted by Gasteiger charge is 2.00. The molecule has 0 N–H and O–H groups in total. The first-order valence-electron chi connectivity index (χ1n) is 5.31. The van der Waals surface area contributed by atoms with Gasteiger partial charge in [0.15, 0.2) is 0 Å². The van der Waals surface area contributed by atoms with Gasteiger partial charge in [-0.2, -0.15) is 0 Å². The van der Waals surface area contributed by atoms with Crippen LogP contribution in [0.1, 0.15) is 20.3 Å². The lowest BCUT2D eigenvalue weighted by Crippen LogP contribution is -2.05. The molecule has 0 aliphatic heterocycles. The van der Waals surface area contributed by atoms with E-state index < -0.39 is 0 Å². The van der Waals surface area contributed by atoms with E-state index >= 15 is 0 Å². The minimum atomic E-state index is -0.268. The standard InChI is InChI=1S/C7H14O2Si.C3H10OSi/c1-6(2)7(8)9-4-3-5-10;1-3(5)4-2/h1,3-5H2,2,10H3;3H,1-2,5H3. The fourth-order valence-electron chi connectivity index (χ4n) is 0.432. The number of hydrogen-bond donors (Lipinski definition) is 0. The van der Waals surface area contributed by atoms with Crippen LogP contribution in [0.3, 0.4) is 0 Å². The summed E-state index contributed by atoms with van der Waals surface area (Å²) in [6.07, 6.45) is 0.991. The molecule has 0 heterocycles. The smallest absolute Gasteiger partial charge is 0.333 e. The second kappa shape index (κ2) is 11.7. The highest BCUT2D eigenvalue weighted by Crippen LogP contribution is 1.93. The summed E-state index contributed by atoms with van der Waals surface area (Å²) in [6.45, 7) is 7.74. The van der Waals surface area contributed by atoms with Gasteiger partial charge in [0.05, 0.1) is 6.61 Å². The summed E-state index contributed by atoms with van der Waals surface area (Å²) in [5.41, 5.74) is 1.00. The number of carbonyl (C=O) groups excluding carboxylic acids is 1. The Morgan fingerprint density at radius 3 is 2.27 bits per heavy atom. The zero-order valence-corrected chi connectivity index (χ0v) is 14.6. The predicted molar refractivity (Wildman–Crippen MR) is 71.5 cm³/mol. The van der Waals surface area contributed by atoms with E-state index in [4.69, 9.17) is 9.47 Å². The highest BCUT2D eigenvalue weighted by atomic mass is 28.1. The summed E-state index contributed by atoms with van der Waals surface area (Å²) in [5, 5.41) is 0. The minimum Gasteiger partial charge on any atom is -0.462 e. The molecule has 5 heteroatoms. The van der Waals surface area contributed by atoms with Crippen LogP contribution in [0.5, 0.6) is 0 Å². The fraction of sp³-hybridized carbons (Fsp3) is 0.700. The summed E-state index contributed by atoms with van der Waals surface area (Å²) in [4.78, 5) is 10.7. The molecule has 0 rings (SSSR count). The van der Waals surface area contributed by atoms with Crippen molar-refractivity contribution in [3.63, 3.8) is 0 Å². The first kappa shape index (κ1) is 17.0. The van der Waals surface area contributed by atoms with Crippen LogP contribution < -0.4 is 0 Å². The summed E-state index contributed by atoms with van der Waals surface area (Å²) in [5.74, 6) is -0.268. The molecule has 0 aromatic carbocycles. The molecule has 15 heavy (non-hydrogen) atoms. The van der Waals surface area contributed by atoms with Crippen molar-refractivity contribution in [2.24, 2.45) is 0 Å². The zero-order chi connectivity index (χ0) is 12.3. The normalized spacial score (nSPS) is 11.4. The third-order valence-corrected chi connectivity index (χ3v) is 2.73. The Bertz CT molecular complexity index is 182. The summed E-state index contributed by atoms with van der Waals surface area (Å²) < 4.78 is 9.64. The largest absolute Gasteiger partial charge is 0.462 e. The van der Waals surface area contributed by atoms with Crippen molar-refractivity contribution in [3.8, 4) is 0 Å². The van der Waals surface area contributed by atoms with Gasteiger partial charge in [0.2, 0.25) is 0 Å². The van der Waals surface area contributed by atoms with E-state index in [1.165, 1.54) is 16.3 Å². The Labute approximate surface area is 99.1 Å². The number of hydrogen-bond acceptors (Lipinski definition) is 3. The zero-order valence-electron chi connectivity index (χ0n) is 10.6. The molecule has 3 nitrogen and oxygen atoms in total. The van der Waals surface area contributed by atoms with Gasteiger partial charge in [-0.15, -0.1) is 0 Å². The first-order valence-corrected chi connectivity index (χ1v) is 7.88. The van der Waals surface area contributed by atoms with Gasteiger partial charge in [0.1, 0.15) is 0 Å². The second-order valence-corrected chi connectivity index (χ2v) is 6.18. The van der Waals surface area contributed by atoms with Gasteiger partial charge in [-0.1, -0.05) is 12.6 Å². The molecule has 0 aromatic heterocycles. The highest BCUT2D eigenvalue weighted by molar-refractivity contribution is 6.10. The van der Waals surface area contributed by atoms with E-state index in [1.807, 2.05) is 0 Å². The molecule has 0 aliphatic rings. The van der Waals surface area contributed by atoms with Crippen molar-refractivity contribution < 1.29 is 14.3 Å². The number of rotatable bonds is 5. The van der Waals surface area contributed by atoms with E-state index in [9.17, 15) is 4.79 Å². The van der Waals surface area contributed by atoms with E-state index in [1.54, 1.807) is 14.0 Å². The second-order valence-electron chi connectivity index (χ2n) is 3.55. The molecule has 0 spiro atoms. The molecule has 0 aromatic rings. The van der Waals surface area contributed by atoms with Crippen LogP contribution in [0.15, 0.2) is 12.2 Å². The average molecular weight is 248 g/mol. The van der Waals surface area contributed by atoms with Crippen LogP contribution in [0.25, 0.3) is 0 Å². The van der Waals surface area contributed by atoms with Gasteiger partial charge in [0, 0.05) is 38.9 Å². The topological polar surface area (TPSA) is 35.5 Å². The molecule has 1 atom stereocenters. The van der Waals surface area contributed by atoms with Gasteiger partial charge in [-0.3, -0.25) is 0 Å². The Morgan fingerprint density at radius 2 is 2.00 bits per heavy atom. The average Bonchev–Trinajstić information content (AvgIpc) is 2.18. The first-order chi connectivity index (χ1) is 6.95. The molecule has 90 valence electrons.